The minimum atomic E-state index is 0.909. The summed E-state index contributed by atoms with van der Waals surface area (Å²) in [6, 6.07) is 6.61. The van der Waals surface area contributed by atoms with E-state index in [4.69, 9.17) is 0 Å². The van der Waals surface area contributed by atoms with E-state index in [0.29, 0.717) is 0 Å². The molecule has 0 atom stereocenters. The van der Waals surface area contributed by atoms with Gasteiger partial charge in [0, 0.05) is 6.54 Å². The summed E-state index contributed by atoms with van der Waals surface area (Å²) in [5.74, 6) is 1.87. The van der Waals surface area contributed by atoms with Crippen molar-refractivity contribution in [1.82, 2.24) is 5.32 Å². The summed E-state index contributed by atoms with van der Waals surface area (Å²) < 4.78 is 0. The van der Waals surface area contributed by atoms with Crippen LogP contribution < -0.4 is 5.32 Å². The molecule has 1 aromatic rings. The van der Waals surface area contributed by atoms with Gasteiger partial charge in [-0.2, -0.15) is 0 Å². The van der Waals surface area contributed by atoms with Crippen LogP contribution in [0.5, 0.6) is 0 Å². The van der Waals surface area contributed by atoms with Crippen LogP contribution in [-0.2, 0) is 6.54 Å². The number of hydrogen-bond acceptors (Lipinski definition) is 1. The quantitative estimate of drug-likeness (QED) is 0.837. The maximum atomic E-state index is 3.65. The summed E-state index contributed by atoms with van der Waals surface area (Å²) in [7, 11) is 0. The largest absolute Gasteiger partial charge is 0.312 e. The number of rotatable bonds is 4. The molecule has 1 heteroatoms. The molecule has 0 unspecified atom stereocenters. The molecule has 1 fully saturated rings. The lowest BCUT2D eigenvalue weighted by atomic mass is 9.83. The van der Waals surface area contributed by atoms with Crippen molar-refractivity contribution in [1.29, 1.82) is 0 Å². The van der Waals surface area contributed by atoms with Crippen LogP contribution in [0, 0.1) is 25.7 Å². The molecular formula is C17H27N. The minimum Gasteiger partial charge on any atom is -0.312 e. The van der Waals surface area contributed by atoms with Crippen molar-refractivity contribution in [3.63, 3.8) is 0 Å². The van der Waals surface area contributed by atoms with Crippen LogP contribution in [-0.4, -0.2) is 6.54 Å². The molecule has 1 saturated carbocycles. The van der Waals surface area contributed by atoms with E-state index in [1.54, 1.807) is 0 Å². The van der Waals surface area contributed by atoms with E-state index in [1.165, 1.54) is 48.9 Å². The number of nitrogens with one attached hydrogen (secondary N) is 1. The summed E-state index contributed by atoms with van der Waals surface area (Å²) in [5.41, 5.74) is 4.31. The molecule has 1 N–H and O–H groups in total. The highest BCUT2D eigenvalue weighted by Crippen LogP contribution is 2.27. The van der Waals surface area contributed by atoms with E-state index in [9.17, 15) is 0 Å². The van der Waals surface area contributed by atoms with Gasteiger partial charge in [0.1, 0.15) is 0 Å². The van der Waals surface area contributed by atoms with Crippen molar-refractivity contribution in [2.75, 3.05) is 6.54 Å². The van der Waals surface area contributed by atoms with Crippen LogP contribution in [0.1, 0.15) is 49.3 Å². The molecule has 1 aromatic carbocycles. The fourth-order valence-electron chi connectivity index (χ4n) is 2.95. The lowest BCUT2D eigenvalue weighted by Gasteiger charge is -2.26. The molecule has 18 heavy (non-hydrogen) atoms. The van der Waals surface area contributed by atoms with Gasteiger partial charge in [0.25, 0.3) is 0 Å². The normalized spacial score (nSPS) is 24.2. The molecule has 0 spiro atoms. The molecule has 0 radical (unpaired) electrons. The third-order valence-corrected chi connectivity index (χ3v) is 4.60. The molecule has 0 aromatic heterocycles. The van der Waals surface area contributed by atoms with E-state index in [1.807, 2.05) is 0 Å². The van der Waals surface area contributed by atoms with Gasteiger partial charge >= 0.3 is 0 Å². The van der Waals surface area contributed by atoms with Crippen molar-refractivity contribution >= 4 is 0 Å². The Balaban J connectivity index is 1.77. The second-order valence-electron chi connectivity index (χ2n) is 6.12. The molecule has 2 rings (SSSR count). The van der Waals surface area contributed by atoms with Crippen LogP contribution in [0.4, 0.5) is 0 Å². The molecule has 0 saturated heterocycles. The average Bonchev–Trinajstić information content (AvgIpc) is 2.37. The first-order valence-corrected chi connectivity index (χ1v) is 7.42. The fourth-order valence-corrected chi connectivity index (χ4v) is 2.95. The lowest BCUT2D eigenvalue weighted by Crippen LogP contribution is -2.26. The van der Waals surface area contributed by atoms with Crippen molar-refractivity contribution in [3.05, 3.63) is 34.9 Å². The van der Waals surface area contributed by atoms with Gasteiger partial charge in [-0.3, -0.25) is 0 Å². The Labute approximate surface area is 112 Å². The second kappa shape index (κ2) is 6.38. The average molecular weight is 245 g/mol. The number of benzene rings is 1. The van der Waals surface area contributed by atoms with E-state index in [2.05, 4.69) is 44.3 Å². The van der Waals surface area contributed by atoms with Gasteiger partial charge < -0.3 is 5.32 Å². The SMILES string of the molecule is Cc1cccc(CNCC2CCC(C)CC2)c1C. The van der Waals surface area contributed by atoms with Gasteiger partial charge in [0.2, 0.25) is 0 Å². The zero-order valence-electron chi connectivity index (χ0n) is 12.1. The lowest BCUT2D eigenvalue weighted by molar-refractivity contribution is 0.281. The Hall–Kier alpha value is -0.820. The van der Waals surface area contributed by atoms with Crippen molar-refractivity contribution in [2.24, 2.45) is 11.8 Å². The predicted molar refractivity (Wildman–Crippen MR) is 78.7 cm³/mol. The molecule has 0 heterocycles. The highest BCUT2D eigenvalue weighted by Gasteiger charge is 2.17. The minimum absolute atomic E-state index is 0.909. The Morgan fingerprint density at radius 3 is 2.56 bits per heavy atom. The number of aryl methyl sites for hydroxylation is 1. The van der Waals surface area contributed by atoms with E-state index >= 15 is 0 Å². The molecular weight excluding hydrogens is 218 g/mol. The van der Waals surface area contributed by atoms with Crippen LogP contribution in [0.3, 0.4) is 0 Å². The van der Waals surface area contributed by atoms with Gasteiger partial charge in [0.15, 0.2) is 0 Å². The summed E-state index contributed by atoms with van der Waals surface area (Å²) in [6.07, 6.45) is 5.69. The van der Waals surface area contributed by atoms with Gasteiger partial charge in [-0.15, -0.1) is 0 Å². The standard InChI is InChI=1S/C17H27N/c1-13-7-9-16(10-8-13)11-18-12-17-6-4-5-14(2)15(17)3/h4-6,13,16,18H,7-12H2,1-3H3. The first kappa shape index (κ1) is 13.6. The molecule has 100 valence electrons. The highest BCUT2D eigenvalue weighted by molar-refractivity contribution is 5.32. The zero-order chi connectivity index (χ0) is 13.0. The maximum Gasteiger partial charge on any atom is 0.0208 e. The Morgan fingerprint density at radius 2 is 1.83 bits per heavy atom. The highest BCUT2D eigenvalue weighted by atomic mass is 14.9. The zero-order valence-corrected chi connectivity index (χ0v) is 12.1. The van der Waals surface area contributed by atoms with Crippen LogP contribution in [0.25, 0.3) is 0 Å². The molecule has 1 aliphatic carbocycles. The van der Waals surface area contributed by atoms with E-state index in [0.717, 1.165) is 18.4 Å². The van der Waals surface area contributed by atoms with Crippen LogP contribution in [0.15, 0.2) is 18.2 Å². The van der Waals surface area contributed by atoms with Gasteiger partial charge in [-0.1, -0.05) is 38.0 Å². The van der Waals surface area contributed by atoms with Crippen molar-refractivity contribution in [3.8, 4) is 0 Å². The third kappa shape index (κ3) is 3.58. The molecule has 1 nitrogen and oxygen atoms in total. The monoisotopic (exact) mass is 245 g/mol. The van der Waals surface area contributed by atoms with Crippen LogP contribution >= 0.6 is 0 Å². The first-order valence-electron chi connectivity index (χ1n) is 7.42. The molecule has 0 bridgehead atoms. The van der Waals surface area contributed by atoms with Crippen molar-refractivity contribution < 1.29 is 0 Å². The third-order valence-electron chi connectivity index (χ3n) is 4.60. The maximum absolute atomic E-state index is 3.65. The Bertz CT molecular complexity index is 375. The predicted octanol–water partition coefficient (Wildman–Crippen LogP) is 4.22. The Kier molecular flexibility index (Phi) is 4.82. The smallest absolute Gasteiger partial charge is 0.0208 e. The first-order chi connectivity index (χ1) is 8.66. The molecule has 1 aliphatic rings. The summed E-state index contributed by atoms with van der Waals surface area (Å²) >= 11 is 0. The second-order valence-corrected chi connectivity index (χ2v) is 6.12. The van der Waals surface area contributed by atoms with Crippen molar-refractivity contribution in [2.45, 2.75) is 53.0 Å². The number of hydrogen-bond donors (Lipinski definition) is 1. The topological polar surface area (TPSA) is 12.0 Å². The summed E-state index contributed by atoms with van der Waals surface area (Å²) in [4.78, 5) is 0. The van der Waals surface area contributed by atoms with Crippen LogP contribution in [0.2, 0.25) is 0 Å². The van der Waals surface area contributed by atoms with E-state index < -0.39 is 0 Å². The fraction of sp³-hybridized carbons (Fsp3) is 0.647. The molecule has 0 aliphatic heterocycles. The Morgan fingerprint density at radius 1 is 1.11 bits per heavy atom. The van der Waals surface area contributed by atoms with E-state index in [-0.39, 0.29) is 0 Å². The molecule has 0 amide bonds. The summed E-state index contributed by atoms with van der Waals surface area (Å²) in [6.45, 7) is 9.04. The van der Waals surface area contributed by atoms with Gasteiger partial charge in [-0.05, 0) is 61.8 Å². The van der Waals surface area contributed by atoms with Gasteiger partial charge in [-0.25, -0.2) is 0 Å². The van der Waals surface area contributed by atoms with Gasteiger partial charge in [0.05, 0.1) is 0 Å². The summed E-state index contributed by atoms with van der Waals surface area (Å²) in [5, 5.41) is 3.65.